The summed E-state index contributed by atoms with van der Waals surface area (Å²) < 4.78 is 0. The molecule has 0 aliphatic heterocycles. The van der Waals surface area contributed by atoms with E-state index in [0.29, 0.717) is 43.6 Å². The maximum atomic E-state index is 10.4. The van der Waals surface area contributed by atoms with E-state index in [1.165, 1.54) is 0 Å². The van der Waals surface area contributed by atoms with E-state index in [1.54, 1.807) is 6.08 Å². The number of unbranched alkanes of at least 4 members (excludes halogenated alkanes) is 3. The summed E-state index contributed by atoms with van der Waals surface area (Å²) in [6, 6.07) is 0. The van der Waals surface area contributed by atoms with Crippen LogP contribution < -0.4 is 0 Å². The zero-order valence-corrected chi connectivity index (χ0v) is 15.2. The Bertz CT molecular complexity index is 461. The molecule has 0 aliphatic carbocycles. The molecule has 142 valence electrons. The van der Waals surface area contributed by atoms with Gasteiger partial charge in [0, 0.05) is 19.3 Å². The number of rotatable bonds is 15. The second kappa shape index (κ2) is 16.8. The van der Waals surface area contributed by atoms with Crippen LogP contribution in [-0.4, -0.2) is 21.4 Å². The van der Waals surface area contributed by atoms with Crippen molar-refractivity contribution in [2.75, 3.05) is 0 Å². The van der Waals surface area contributed by atoms with Crippen LogP contribution in [0.15, 0.2) is 48.0 Å². The number of hydrogen-bond acceptors (Lipinski definition) is 4. The first kappa shape index (κ1) is 23.0. The van der Waals surface area contributed by atoms with Crippen LogP contribution in [0.4, 0.5) is 0 Å². The van der Waals surface area contributed by atoms with E-state index < -0.39 is 5.97 Å². The summed E-state index contributed by atoms with van der Waals surface area (Å²) in [6.45, 7) is 2.14. The Balaban J connectivity index is 3.96. The molecule has 0 atom stereocenters. The standard InChI is InChI=1S/C20H32O5/c1-2-3-8-13-18(21)14-9-4-5-10-15-19(25-24)16-11-6-7-12-17-20(22)23/h4-6,11,14-15,21,24H,2-3,7-10,12-13,16-17H2,1H3,(H,22,23). The molecule has 5 nitrogen and oxygen atoms in total. The quantitative estimate of drug-likeness (QED) is 0.112. The summed E-state index contributed by atoms with van der Waals surface area (Å²) in [6.07, 6.45) is 18.5. The Kier molecular flexibility index (Phi) is 15.5. The summed E-state index contributed by atoms with van der Waals surface area (Å²) >= 11 is 0. The fraction of sp³-hybridized carbons (Fsp3) is 0.550. The number of carbonyl (C=O) groups is 1. The highest BCUT2D eigenvalue weighted by Gasteiger charge is 1.96. The van der Waals surface area contributed by atoms with Crippen molar-refractivity contribution in [3.05, 3.63) is 48.0 Å². The van der Waals surface area contributed by atoms with E-state index >= 15 is 0 Å². The molecule has 0 aromatic rings. The average Bonchev–Trinajstić information content (AvgIpc) is 2.58. The summed E-state index contributed by atoms with van der Waals surface area (Å²) in [4.78, 5) is 14.7. The molecule has 0 aromatic heterocycles. The Morgan fingerprint density at radius 3 is 2.28 bits per heavy atom. The van der Waals surface area contributed by atoms with E-state index in [-0.39, 0.29) is 6.42 Å². The molecule has 0 bridgehead atoms. The molecule has 0 aromatic carbocycles. The topological polar surface area (TPSA) is 87.0 Å². The number of allylic oxidation sites excluding steroid dienone is 7. The van der Waals surface area contributed by atoms with Gasteiger partial charge in [-0.1, -0.05) is 44.1 Å². The lowest BCUT2D eigenvalue weighted by Gasteiger charge is -1.99. The maximum absolute atomic E-state index is 10.4. The Labute approximate surface area is 151 Å². The number of hydrogen-bond donors (Lipinski definition) is 3. The highest BCUT2D eigenvalue weighted by molar-refractivity contribution is 5.66. The number of carboxylic acids is 1. The van der Waals surface area contributed by atoms with Crippen LogP contribution in [0.5, 0.6) is 0 Å². The minimum Gasteiger partial charge on any atom is -0.513 e. The van der Waals surface area contributed by atoms with Crippen molar-refractivity contribution < 1.29 is 25.2 Å². The second-order valence-corrected chi connectivity index (χ2v) is 5.82. The fourth-order valence-electron chi connectivity index (χ4n) is 2.10. The van der Waals surface area contributed by atoms with Crippen molar-refractivity contribution in [3.8, 4) is 0 Å². The van der Waals surface area contributed by atoms with E-state index in [2.05, 4.69) is 11.8 Å². The van der Waals surface area contributed by atoms with Crippen LogP contribution in [0.3, 0.4) is 0 Å². The molecule has 0 amide bonds. The van der Waals surface area contributed by atoms with Gasteiger partial charge in [-0.2, -0.15) is 0 Å². The number of aliphatic hydroxyl groups excluding tert-OH is 1. The summed E-state index contributed by atoms with van der Waals surface area (Å²) in [5.74, 6) is 0.113. The van der Waals surface area contributed by atoms with Crippen LogP contribution in [0.2, 0.25) is 0 Å². The first-order valence-corrected chi connectivity index (χ1v) is 9.00. The third-order valence-corrected chi connectivity index (χ3v) is 3.54. The summed E-state index contributed by atoms with van der Waals surface area (Å²) in [5, 5.41) is 27.0. The normalized spacial score (nSPS) is 13.0. The smallest absolute Gasteiger partial charge is 0.303 e. The lowest BCUT2D eigenvalue weighted by atomic mass is 10.1. The van der Waals surface area contributed by atoms with Crippen molar-refractivity contribution in [2.24, 2.45) is 0 Å². The van der Waals surface area contributed by atoms with Gasteiger partial charge in [0.2, 0.25) is 0 Å². The van der Waals surface area contributed by atoms with Gasteiger partial charge in [-0.3, -0.25) is 4.79 Å². The second-order valence-electron chi connectivity index (χ2n) is 5.82. The summed E-state index contributed by atoms with van der Waals surface area (Å²) in [5.41, 5.74) is 0. The van der Waals surface area contributed by atoms with Gasteiger partial charge in [0.1, 0.15) is 5.76 Å². The molecule has 0 unspecified atom stereocenters. The molecule has 0 saturated heterocycles. The van der Waals surface area contributed by atoms with Crippen molar-refractivity contribution in [2.45, 2.75) is 71.1 Å². The van der Waals surface area contributed by atoms with E-state index in [4.69, 9.17) is 10.4 Å². The molecule has 3 N–H and O–H groups in total. The highest BCUT2D eigenvalue weighted by atomic mass is 17.1. The van der Waals surface area contributed by atoms with Crippen LogP contribution in [0, 0.1) is 0 Å². The molecule has 0 fully saturated rings. The Morgan fingerprint density at radius 2 is 1.64 bits per heavy atom. The molecule has 0 saturated carbocycles. The van der Waals surface area contributed by atoms with E-state index in [9.17, 15) is 9.90 Å². The van der Waals surface area contributed by atoms with E-state index in [1.807, 2.05) is 30.4 Å². The van der Waals surface area contributed by atoms with Crippen LogP contribution in [-0.2, 0) is 9.68 Å². The number of carboxylic acid groups (broad SMARTS) is 1. The minimum absolute atomic E-state index is 0.164. The van der Waals surface area contributed by atoms with Crippen LogP contribution >= 0.6 is 0 Å². The van der Waals surface area contributed by atoms with E-state index in [0.717, 1.165) is 25.7 Å². The molecular weight excluding hydrogens is 320 g/mol. The molecule has 25 heavy (non-hydrogen) atoms. The number of aliphatic carboxylic acids is 1. The Morgan fingerprint density at radius 1 is 0.920 bits per heavy atom. The molecule has 0 aliphatic rings. The monoisotopic (exact) mass is 352 g/mol. The van der Waals surface area contributed by atoms with Gasteiger partial charge >= 0.3 is 5.97 Å². The van der Waals surface area contributed by atoms with Crippen molar-refractivity contribution >= 4 is 5.97 Å². The fourth-order valence-corrected chi connectivity index (χ4v) is 2.10. The molecule has 0 spiro atoms. The Hall–Kier alpha value is -2.01. The molecule has 0 rings (SSSR count). The maximum Gasteiger partial charge on any atom is 0.303 e. The third-order valence-electron chi connectivity index (χ3n) is 3.54. The van der Waals surface area contributed by atoms with Gasteiger partial charge < -0.3 is 15.1 Å². The lowest BCUT2D eigenvalue weighted by Crippen LogP contribution is -1.92. The minimum atomic E-state index is -0.788. The van der Waals surface area contributed by atoms with Gasteiger partial charge in [0.05, 0.1) is 5.76 Å². The van der Waals surface area contributed by atoms with Crippen molar-refractivity contribution in [1.82, 2.24) is 0 Å². The predicted molar refractivity (Wildman–Crippen MR) is 100 cm³/mol. The largest absolute Gasteiger partial charge is 0.513 e. The first-order valence-electron chi connectivity index (χ1n) is 9.00. The van der Waals surface area contributed by atoms with Gasteiger partial charge in [0.25, 0.3) is 0 Å². The van der Waals surface area contributed by atoms with Crippen molar-refractivity contribution in [3.63, 3.8) is 0 Å². The van der Waals surface area contributed by atoms with Crippen LogP contribution in [0.25, 0.3) is 0 Å². The zero-order chi connectivity index (χ0) is 18.8. The molecular formula is C20H32O5. The molecule has 0 radical (unpaired) electrons. The third kappa shape index (κ3) is 16.6. The molecule has 0 heterocycles. The SMILES string of the molecule is CCCCCC(O)=CCC=CCC=C(CC=CCCCC(=O)O)OO. The lowest BCUT2D eigenvalue weighted by molar-refractivity contribution is -0.204. The zero-order valence-electron chi connectivity index (χ0n) is 15.2. The average molecular weight is 352 g/mol. The van der Waals surface area contributed by atoms with Gasteiger partial charge in [-0.15, -0.1) is 0 Å². The predicted octanol–water partition coefficient (Wildman–Crippen LogP) is 5.92. The van der Waals surface area contributed by atoms with Gasteiger partial charge in [0.15, 0.2) is 0 Å². The molecule has 5 heteroatoms. The van der Waals surface area contributed by atoms with Crippen LogP contribution in [0.1, 0.15) is 71.1 Å². The highest BCUT2D eigenvalue weighted by Crippen LogP contribution is 2.08. The van der Waals surface area contributed by atoms with Gasteiger partial charge in [-0.25, -0.2) is 5.26 Å². The van der Waals surface area contributed by atoms with Gasteiger partial charge in [-0.05, 0) is 44.3 Å². The first-order chi connectivity index (χ1) is 12.1. The number of aliphatic hydroxyl groups is 1. The summed E-state index contributed by atoms with van der Waals surface area (Å²) in [7, 11) is 0. The van der Waals surface area contributed by atoms with Crippen molar-refractivity contribution in [1.29, 1.82) is 0 Å².